The molecule has 8 heteroatoms. The van der Waals surface area contributed by atoms with Gasteiger partial charge in [0.15, 0.2) is 11.0 Å². The van der Waals surface area contributed by atoms with Crippen LogP contribution in [0.2, 0.25) is 0 Å². The monoisotopic (exact) mass is 507 g/mol. The van der Waals surface area contributed by atoms with Crippen molar-refractivity contribution in [3.8, 4) is 22.8 Å². The first kappa shape index (κ1) is 24.3. The van der Waals surface area contributed by atoms with Crippen LogP contribution in [0.1, 0.15) is 12.5 Å². The number of nitrogens with zero attached hydrogens (tertiary/aromatic N) is 4. The maximum absolute atomic E-state index is 12.7. The quantitative estimate of drug-likeness (QED) is 0.165. The van der Waals surface area contributed by atoms with E-state index in [0.29, 0.717) is 11.0 Å². The van der Waals surface area contributed by atoms with Crippen molar-refractivity contribution < 1.29 is 9.53 Å². The number of methoxy groups -OCH3 is 1. The first-order valence-electron chi connectivity index (χ1n) is 11.7. The number of ether oxygens (including phenoxy) is 1. The molecule has 0 saturated carbocycles. The molecule has 0 unspecified atom stereocenters. The van der Waals surface area contributed by atoms with Crippen molar-refractivity contribution in [3.63, 3.8) is 0 Å². The summed E-state index contributed by atoms with van der Waals surface area (Å²) in [6.45, 7) is 1.89. The number of aromatic nitrogens is 3. The smallest absolute Gasteiger partial charge is 0.250 e. The number of nitrogens with one attached hydrogen (secondary N) is 1. The summed E-state index contributed by atoms with van der Waals surface area (Å²) < 4.78 is 7.23. The van der Waals surface area contributed by atoms with Crippen molar-refractivity contribution in [3.05, 3.63) is 103 Å². The SMILES string of the molecule is COc1ccc(-c2nnc(SCC(=O)N/N=C(/C)c3cccc4ccccc34)n2-c2ccccc2)cc1. The maximum Gasteiger partial charge on any atom is 0.250 e. The Labute approximate surface area is 219 Å². The van der Waals surface area contributed by atoms with E-state index in [2.05, 4.69) is 38.9 Å². The second-order valence-corrected chi connectivity index (χ2v) is 9.20. The molecule has 7 nitrogen and oxygen atoms in total. The number of hydrogen-bond donors (Lipinski definition) is 1. The molecule has 0 aliphatic carbocycles. The minimum atomic E-state index is -0.224. The summed E-state index contributed by atoms with van der Waals surface area (Å²) in [5.74, 6) is 1.36. The number of hydrogen-bond acceptors (Lipinski definition) is 6. The third-order valence-corrected chi connectivity index (χ3v) is 6.79. The molecule has 0 radical (unpaired) electrons. The van der Waals surface area contributed by atoms with E-state index in [-0.39, 0.29) is 11.7 Å². The van der Waals surface area contributed by atoms with E-state index in [4.69, 9.17) is 4.74 Å². The minimum absolute atomic E-state index is 0.139. The van der Waals surface area contributed by atoms with Gasteiger partial charge in [-0.1, -0.05) is 72.4 Å². The summed E-state index contributed by atoms with van der Waals surface area (Å²) in [5.41, 5.74) is 6.21. The molecule has 0 fully saturated rings. The van der Waals surface area contributed by atoms with Crippen LogP contribution < -0.4 is 10.2 Å². The zero-order valence-corrected chi connectivity index (χ0v) is 21.3. The second kappa shape index (κ2) is 11.1. The topological polar surface area (TPSA) is 81.4 Å². The highest BCUT2D eigenvalue weighted by Gasteiger charge is 2.17. The Balaban J connectivity index is 1.34. The lowest BCUT2D eigenvalue weighted by molar-refractivity contribution is -0.118. The van der Waals surface area contributed by atoms with Gasteiger partial charge in [0.2, 0.25) is 0 Å². The predicted molar refractivity (Wildman–Crippen MR) is 148 cm³/mol. The Morgan fingerprint density at radius 3 is 2.43 bits per heavy atom. The molecule has 0 saturated heterocycles. The average Bonchev–Trinajstić information content (AvgIpc) is 3.39. The highest BCUT2D eigenvalue weighted by molar-refractivity contribution is 7.99. The van der Waals surface area contributed by atoms with Crippen LogP contribution in [0.5, 0.6) is 5.75 Å². The van der Waals surface area contributed by atoms with Gasteiger partial charge in [0.05, 0.1) is 18.6 Å². The van der Waals surface area contributed by atoms with Crippen LogP contribution in [-0.4, -0.2) is 39.2 Å². The number of rotatable bonds is 8. The Bertz CT molecular complexity index is 1560. The van der Waals surface area contributed by atoms with Crippen molar-refractivity contribution in [1.82, 2.24) is 20.2 Å². The lowest BCUT2D eigenvalue weighted by Gasteiger charge is -2.10. The summed E-state index contributed by atoms with van der Waals surface area (Å²) in [6.07, 6.45) is 0. The van der Waals surface area contributed by atoms with E-state index in [9.17, 15) is 4.79 Å². The summed E-state index contributed by atoms with van der Waals surface area (Å²) in [6, 6.07) is 31.7. The normalized spacial score (nSPS) is 11.5. The fourth-order valence-corrected chi connectivity index (χ4v) is 4.75. The van der Waals surface area contributed by atoms with Gasteiger partial charge in [-0.15, -0.1) is 10.2 Å². The molecule has 1 heterocycles. The third kappa shape index (κ3) is 5.39. The van der Waals surface area contributed by atoms with Gasteiger partial charge < -0.3 is 4.74 Å². The molecule has 0 aliphatic heterocycles. The van der Waals surface area contributed by atoms with Gasteiger partial charge in [0.25, 0.3) is 5.91 Å². The molecule has 1 amide bonds. The van der Waals surface area contributed by atoms with Crippen LogP contribution >= 0.6 is 11.8 Å². The van der Waals surface area contributed by atoms with E-state index < -0.39 is 0 Å². The highest BCUT2D eigenvalue weighted by Crippen LogP contribution is 2.29. The molecular formula is C29H25N5O2S. The van der Waals surface area contributed by atoms with E-state index in [1.165, 1.54) is 11.8 Å². The van der Waals surface area contributed by atoms with Crippen molar-refractivity contribution in [2.24, 2.45) is 5.10 Å². The van der Waals surface area contributed by atoms with Crippen LogP contribution in [0, 0.1) is 0 Å². The van der Waals surface area contributed by atoms with Crippen LogP contribution in [0.15, 0.2) is 107 Å². The number of fused-ring (bicyclic) bond motifs is 1. The lowest BCUT2D eigenvalue weighted by atomic mass is 10.0. The number of para-hydroxylation sites is 1. The van der Waals surface area contributed by atoms with Crippen LogP contribution in [0.3, 0.4) is 0 Å². The largest absolute Gasteiger partial charge is 0.497 e. The van der Waals surface area contributed by atoms with Crippen molar-refractivity contribution in [1.29, 1.82) is 0 Å². The zero-order valence-electron chi connectivity index (χ0n) is 20.5. The number of benzene rings is 4. The number of hydrazone groups is 1. The predicted octanol–water partition coefficient (Wildman–Crippen LogP) is 5.73. The van der Waals surface area contributed by atoms with Crippen LogP contribution in [0.25, 0.3) is 27.8 Å². The first-order chi connectivity index (χ1) is 18.1. The van der Waals surface area contributed by atoms with E-state index in [1.807, 2.05) is 90.4 Å². The highest BCUT2D eigenvalue weighted by atomic mass is 32.2. The summed E-state index contributed by atoms with van der Waals surface area (Å²) in [7, 11) is 1.63. The number of amides is 1. The molecule has 1 N–H and O–H groups in total. The van der Waals surface area contributed by atoms with Crippen LogP contribution in [0.4, 0.5) is 0 Å². The fourth-order valence-electron chi connectivity index (χ4n) is 4.01. The average molecular weight is 508 g/mol. The molecule has 37 heavy (non-hydrogen) atoms. The van der Waals surface area contributed by atoms with Crippen molar-refractivity contribution in [2.45, 2.75) is 12.1 Å². The molecule has 1 aromatic heterocycles. The van der Waals surface area contributed by atoms with Crippen molar-refractivity contribution >= 4 is 34.2 Å². The van der Waals surface area contributed by atoms with E-state index in [0.717, 1.165) is 39.0 Å². The Morgan fingerprint density at radius 1 is 0.919 bits per heavy atom. The van der Waals surface area contributed by atoms with Gasteiger partial charge in [-0.05, 0) is 54.1 Å². The zero-order chi connectivity index (χ0) is 25.6. The molecule has 0 aliphatic rings. The summed E-state index contributed by atoms with van der Waals surface area (Å²) in [5, 5.41) is 16.0. The van der Waals surface area contributed by atoms with Gasteiger partial charge >= 0.3 is 0 Å². The Kier molecular flexibility index (Phi) is 7.28. The third-order valence-electron chi connectivity index (χ3n) is 5.86. The van der Waals surface area contributed by atoms with E-state index in [1.54, 1.807) is 7.11 Å². The molecule has 0 atom stereocenters. The van der Waals surface area contributed by atoms with E-state index >= 15 is 0 Å². The van der Waals surface area contributed by atoms with Gasteiger partial charge in [-0.2, -0.15) is 5.10 Å². The molecule has 4 aromatic carbocycles. The molecule has 184 valence electrons. The maximum atomic E-state index is 12.7. The number of carbonyl (C=O) groups is 1. The lowest BCUT2D eigenvalue weighted by Crippen LogP contribution is -2.21. The summed E-state index contributed by atoms with van der Waals surface area (Å²) in [4.78, 5) is 12.7. The Hall–Kier alpha value is -4.43. The molecule has 5 rings (SSSR count). The van der Waals surface area contributed by atoms with Gasteiger partial charge in [0, 0.05) is 16.8 Å². The first-order valence-corrected chi connectivity index (χ1v) is 12.7. The minimum Gasteiger partial charge on any atom is -0.497 e. The molecule has 0 bridgehead atoms. The van der Waals surface area contributed by atoms with Gasteiger partial charge in [-0.3, -0.25) is 9.36 Å². The summed E-state index contributed by atoms with van der Waals surface area (Å²) >= 11 is 1.31. The molecular weight excluding hydrogens is 482 g/mol. The molecule has 0 spiro atoms. The Morgan fingerprint density at radius 2 is 1.65 bits per heavy atom. The number of thioether (sulfide) groups is 1. The van der Waals surface area contributed by atoms with Crippen molar-refractivity contribution in [2.75, 3.05) is 12.9 Å². The fraction of sp³-hybridized carbons (Fsp3) is 0.103. The molecule has 5 aromatic rings. The van der Waals surface area contributed by atoms with Gasteiger partial charge in [-0.25, -0.2) is 5.43 Å². The van der Waals surface area contributed by atoms with Gasteiger partial charge in [0.1, 0.15) is 5.75 Å². The second-order valence-electron chi connectivity index (χ2n) is 8.25. The standard InChI is InChI=1S/C29H25N5O2S/c1-20(25-14-8-10-21-9-6-7-13-26(21)25)30-31-27(35)19-37-29-33-32-28(22-15-17-24(36-2)18-16-22)34(29)23-11-4-3-5-12-23/h3-18H,19H2,1-2H3,(H,31,35)/b30-20-. The van der Waals surface area contributed by atoms with Crippen LogP contribution in [-0.2, 0) is 4.79 Å². The number of carbonyl (C=O) groups excluding carboxylic acids is 1.